The maximum Gasteiger partial charge on any atom is 0.182 e. The summed E-state index contributed by atoms with van der Waals surface area (Å²) in [5.74, 6) is 6.63. The molecule has 13 heavy (non-hydrogen) atoms. The number of hydrogen-bond donors (Lipinski definition) is 1. The van der Waals surface area contributed by atoms with Crippen molar-refractivity contribution in [3.8, 4) is 11.8 Å². The predicted molar refractivity (Wildman–Crippen MR) is 51.0 cm³/mol. The molecule has 0 amide bonds. The van der Waals surface area contributed by atoms with Crippen LogP contribution in [0.15, 0.2) is 42.7 Å². The third-order valence-electron chi connectivity index (χ3n) is 1.60. The first-order valence-corrected chi connectivity index (χ1v) is 4.01. The SMILES string of the molecule is C(#Cc1ncc[nH]1)c1ccccc1. The van der Waals surface area contributed by atoms with Crippen molar-refractivity contribution in [1.29, 1.82) is 0 Å². The molecule has 0 unspecified atom stereocenters. The van der Waals surface area contributed by atoms with Crippen LogP contribution in [0.25, 0.3) is 0 Å². The van der Waals surface area contributed by atoms with Crippen molar-refractivity contribution < 1.29 is 0 Å². The van der Waals surface area contributed by atoms with Crippen LogP contribution in [0.5, 0.6) is 0 Å². The van der Waals surface area contributed by atoms with Crippen LogP contribution in [0.3, 0.4) is 0 Å². The lowest BCUT2D eigenvalue weighted by atomic mass is 10.2. The predicted octanol–water partition coefficient (Wildman–Crippen LogP) is 1.81. The van der Waals surface area contributed by atoms with Crippen LogP contribution in [-0.4, -0.2) is 9.97 Å². The van der Waals surface area contributed by atoms with Gasteiger partial charge < -0.3 is 4.98 Å². The fraction of sp³-hybridized carbons (Fsp3) is 0. The molecule has 1 aromatic carbocycles. The average molecular weight is 168 g/mol. The van der Waals surface area contributed by atoms with Gasteiger partial charge in [0, 0.05) is 18.0 Å². The Labute approximate surface area is 76.6 Å². The second-order valence-corrected chi connectivity index (χ2v) is 2.55. The number of rotatable bonds is 0. The minimum atomic E-state index is 0.698. The molecule has 0 saturated heterocycles. The average Bonchev–Trinajstić information content (AvgIpc) is 2.69. The highest BCUT2D eigenvalue weighted by atomic mass is 14.9. The first-order valence-electron chi connectivity index (χ1n) is 4.01. The van der Waals surface area contributed by atoms with Gasteiger partial charge in [0.05, 0.1) is 0 Å². The summed E-state index contributed by atoms with van der Waals surface area (Å²) in [5.41, 5.74) is 0.999. The molecule has 0 radical (unpaired) electrons. The van der Waals surface area contributed by atoms with E-state index in [2.05, 4.69) is 21.8 Å². The molecule has 2 heteroatoms. The summed E-state index contributed by atoms with van der Waals surface area (Å²) < 4.78 is 0. The van der Waals surface area contributed by atoms with Gasteiger partial charge in [0.15, 0.2) is 5.82 Å². The third-order valence-corrected chi connectivity index (χ3v) is 1.60. The summed E-state index contributed by atoms with van der Waals surface area (Å²) in [7, 11) is 0. The first kappa shape index (κ1) is 7.63. The molecule has 0 spiro atoms. The third kappa shape index (κ3) is 1.97. The number of hydrogen-bond acceptors (Lipinski definition) is 1. The maximum absolute atomic E-state index is 4.00. The highest BCUT2D eigenvalue weighted by molar-refractivity contribution is 5.37. The van der Waals surface area contributed by atoms with Gasteiger partial charge in [-0.25, -0.2) is 4.98 Å². The van der Waals surface area contributed by atoms with Gasteiger partial charge in [-0.3, -0.25) is 0 Å². The number of benzene rings is 1. The Morgan fingerprint density at radius 1 is 1.08 bits per heavy atom. The maximum atomic E-state index is 4.00. The Bertz CT molecular complexity index is 418. The van der Waals surface area contributed by atoms with E-state index < -0.39 is 0 Å². The molecule has 0 bridgehead atoms. The Balaban J connectivity index is 2.23. The minimum Gasteiger partial charge on any atom is -0.338 e. The molecule has 62 valence electrons. The number of nitrogens with zero attached hydrogens (tertiary/aromatic N) is 1. The standard InChI is InChI=1S/C11H8N2/c1-2-4-10(5-3-1)6-7-11-12-8-9-13-11/h1-5,8-9H,(H,12,13). The van der Waals surface area contributed by atoms with Crippen LogP contribution in [-0.2, 0) is 0 Å². The van der Waals surface area contributed by atoms with Crippen LogP contribution in [0.4, 0.5) is 0 Å². The van der Waals surface area contributed by atoms with E-state index in [0.29, 0.717) is 5.82 Å². The van der Waals surface area contributed by atoms with Crippen molar-refractivity contribution in [2.24, 2.45) is 0 Å². The highest BCUT2D eigenvalue weighted by Crippen LogP contribution is 1.95. The zero-order chi connectivity index (χ0) is 8.93. The lowest BCUT2D eigenvalue weighted by Crippen LogP contribution is -1.76. The van der Waals surface area contributed by atoms with E-state index in [0.717, 1.165) is 5.56 Å². The molecule has 0 saturated carbocycles. The summed E-state index contributed by atoms with van der Waals surface area (Å²) in [4.78, 5) is 6.92. The summed E-state index contributed by atoms with van der Waals surface area (Å²) in [5, 5.41) is 0. The number of imidazole rings is 1. The van der Waals surface area contributed by atoms with Gasteiger partial charge >= 0.3 is 0 Å². The molecule has 1 N–H and O–H groups in total. The molecule has 0 fully saturated rings. The van der Waals surface area contributed by atoms with Gasteiger partial charge in [0.25, 0.3) is 0 Å². The molecule has 2 rings (SSSR count). The summed E-state index contributed by atoms with van der Waals surface area (Å²) in [6, 6.07) is 9.84. The number of nitrogens with one attached hydrogen (secondary N) is 1. The van der Waals surface area contributed by atoms with Gasteiger partial charge in [0.1, 0.15) is 0 Å². The first-order chi connectivity index (χ1) is 6.45. The van der Waals surface area contributed by atoms with E-state index in [1.54, 1.807) is 12.4 Å². The minimum absolute atomic E-state index is 0.698. The normalized spacial score (nSPS) is 8.92. The molecule has 0 aliphatic heterocycles. The Kier molecular flexibility index (Phi) is 2.11. The summed E-state index contributed by atoms with van der Waals surface area (Å²) in [6.07, 6.45) is 3.45. The van der Waals surface area contributed by atoms with E-state index >= 15 is 0 Å². The molecule has 2 aromatic rings. The van der Waals surface area contributed by atoms with Gasteiger partial charge in [-0.2, -0.15) is 0 Å². The van der Waals surface area contributed by atoms with E-state index in [1.165, 1.54) is 0 Å². The molecule has 0 aliphatic carbocycles. The van der Waals surface area contributed by atoms with Crippen molar-refractivity contribution >= 4 is 0 Å². The molecule has 0 aliphatic rings. The van der Waals surface area contributed by atoms with Crippen molar-refractivity contribution in [2.45, 2.75) is 0 Å². The quantitative estimate of drug-likeness (QED) is 0.597. The Morgan fingerprint density at radius 2 is 1.92 bits per heavy atom. The van der Waals surface area contributed by atoms with Crippen LogP contribution in [0.1, 0.15) is 11.4 Å². The fourth-order valence-corrected chi connectivity index (χ4v) is 0.986. The van der Waals surface area contributed by atoms with Crippen molar-refractivity contribution in [2.75, 3.05) is 0 Å². The fourth-order valence-electron chi connectivity index (χ4n) is 0.986. The van der Waals surface area contributed by atoms with Crippen molar-refractivity contribution in [1.82, 2.24) is 9.97 Å². The van der Waals surface area contributed by atoms with Crippen molar-refractivity contribution in [3.05, 3.63) is 54.1 Å². The smallest absolute Gasteiger partial charge is 0.182 e. The lowest BCUT2D eigenvalue weighted by Gasteiger charge is -1.85. The van der Waals surface area contributed by atoms with Crippen LogP contribution in [0, 0.1) is 11.8 Å². The van der Waals surface area contributed by atoms with Crippen LogP contribution < -0.4 is 0 Å². The van der Waals surface area contributed by atoms with Gasteiger partial charge in [-0.15, -0.1) is 0 Å². The van der Waals surface area contributed by atoms with E-state index in [-0.39, 0.29) is 0 Å². The second kappa shape index (κ2) is 3.59. The van der Waals surface area contributed by atoms with Crippen LogP contribution in [0.2, 0.25) is 0 Å². The number of aromatic nitrogens is 2. The number of aromatic amines is 1. The number of H-pyrrole nitrogens is 1. The molecule has 1 heterocycles. The highest BCUT2D eigenvalue weighted by Gasteiger charge is 1.85. The monoisotopic (exact) mass is 168 g/mol. The van der Waals surface area contributed by atoms with E-state index in [4.69, 9.17) is 0 Å². The van der Waals surface area contributed by atoms with Crippen molar-refractivity contribution in [3.63, 3.8) is 0 Å². The van der Waals surface area contributed by atoms with E-state index in [9.17, 15) is 0 Å². The van der Waals surface area contributed by atoms with Gasteiger partial charge in [-0.1, -0.05) is 24.1 Å². The lowest BCUT2D eigenvalue weighted by molar-refractivity contribution is 1.25. The zero-order valence-electron chi connectivity index (χ0n) is 6.99. The molecular formula is C11H8N2. The zero-order valence-corrected chi connectivity index (χ0v) is 6.99. The van der Waals surface area contributed by atoms with Gasteiger partial charge in [0.2, 0.25) is 0 Å². The molecule has 2 nitrogen and oxygen atoms in total. The largest absolute Gasteiger partial charge is 0.338 e. The van der Waals surface area contributed by atoms with E-state index in [1.807, 2.05) is 30.3 Å². The topological polar surface area (TPSA) is 28.7 Å². The molecular weight excluding hydrogens is 160 g/mol. The summed E-state index contributed by atoms with van der Waals surface area (Å²) in [6.45, 7) is 0. The molecule has 1 aromatic heterocycles. The van der Waals surface area contributed by atoms with Gasteiger partial charge in [-0.05, 0) is 18.1 Å². The summed E-state index contributed by atoms with van der Waals surface area (Å²) >= 11 is 0. The second-order valence-electron chi connectivity index (χ2n) is 2.55. The Hall–Kier alpha value is -2.01. The molecule has 0 atom stereocenters. The Morgan fingerprint density at radius 3 is 2.62 bits per heavy atom. The van der Waals surface area contributed by atoms with Crippen LogP contribution >= 0.6 is 0 Å².